The maximum atomic E-state index is 12.5. The molecule has 0 amide bonds. The molecule has 0 aliphatic carbocycles. The van der Waals surface area contributed by atoms with Crippen LogP contribution in [0.25, 0.3) is 0 Å². The van der Waals surface area contributed by atoms with Crippen molar-refractivity contribution >= 4 is 23.5 Å². The lowest BCUT2D eigenvalue weighted by Crippen LogP contribution is -2.07. The Balaban J connectivity index is 1.86. The third kappa shape index (κ3) is 5.45. The van der Waals surface area contributed by atoms with Gasteiger partial charge in [-0.25, -0.2) is 4.98 Å². The standard InChI is InChI=1S/C17H24N4O3S/c1-12-9-14(15(22)10-25-17-18-11-19-20-17)13(2)21(12)8-6-4-5-7-16(23)24-3/h9,11H,4-8,10H2,1-3H3,(H,18,19,20). The number of aromatic amines is 1. The van der Waals surface area contributed by atoms with E-state index in [1.54, 1.807) is 0 Å². The number of unbranched alkanes of at least 4 members (excludes halogenated alkanes) is 2. The van der Waals surface area contributed by atoms with Crippen molar-refractivity contribution in [1.29, 1.82) is 0 Å². The minimum atomic E-state index is -0.162. The predicted octanol–water partition coefficient (Wildman–Crippen LogP) is 2.93. The second-order valence-electron chi connectivity index (χ2n) is 5.83. The summed E-state index contributed by atoms with van der Waals surface area (Å²) in [6, 6.07) is 1.95. The van der Waals surface area contributed by atoms with E-state index < -0.39 is 0 Å². The number of rotatable bonds is 10. The lowest BCUT2D eigenvalue weighted by Gasteiger charge is -2.09. The summed E-state index contributed by atoms with van der Waals surface area (Å²) < 4.78 is 6.81. The van der Waals surface area contributed by atoms with Crippen molar-refractivity contribution in [3.05, 3.63) is 29.3 Å². The number of Topliss-reactive ketones (excluding diaryl/α,β-unsaturated/α-hetero) is 1. The quantitative estimate of drug-likeness (QED) is 0.302. The molecule has 0 unspecified atom stereocenters. The average molecular weight is 364 g/mol. The van der Waals surface area contributed by atoms with Crippen LogP contribution in [0, 0.1) is 13.8 Å². The van der Waals surface area contributed by atoms with Gasteiger partial charge in [0.25, 0.3) is 0 Å². The summed E-state index contributed by atoms with van der Waals surface area (Å²) in [6.45, 7) is 4.84. The second kappa shape index (κ2) is 9.41. The van der Waals surface area contributed by atoms with Crippen LogP contribution in [0.1, 0.15) is 47.4 Å². The van der Waals surface area contributed by atoms with E-state index >= 15 is 0 Å². The zero-order chi connectivity index (χ0) is 18.2. The Morgan fingerprint density at radius 3 is 2.76 bits per heavy atom. The molecule has 7 nitrogen and oxygen atoms in total. The summed E-state index contributed by atoms with van der Waals surface area (Å²) in [5.41, 5.74) is 2.84. The molecule has 0 atom stereocenters. The van der Waals surface area contributed by atoms with Crippen molar-refractivity contribution in [2.75, 3.05) is 12.9 Å². The van der Waals surface area contributed by atoms with E-state index in [1.165, 1.54) is 25.2 Å². The average Bonchev–Trinajstić information content (AvgIpc) is 3.21. The Kier molecular flexibility index (Phi) is 7.24. The van der Waals surface area contributed by atoms with E-state index in [-0.39, 0.29) is 11.8 Å². The SMILES string of the molecule is COC(=O)CCCCCn1c(C)cc(C(=O)CSc2ncn[nH]2)c1C. The maximum absolute atomic E-state index is 12.5. The third-order valence-corrected chi connectivity index (χ3v) is 4.97. The normalized spacial score (nSPS) is 10.8. The van der Waals surface area contributed by atoms with E-state index in [1.807, 2.05) is 19.9 Å². The molecule has 0 bridgehead atoms. The van der Waals surface area contributed by atoms with Gasteiger partial charge in [-0.3, -0.25) is 14.7 Å². The number of nitrogens with one attached hydrogen (secondary N) is 1. The van der Waals surface area contributed by atoms with Crippen LogP contribution in [0.2, 0.25) is 0 Å². The molecular formula is C17H24N4O3S. The molecule has 2 rings (SSSR count). The summed E-state index contributed by atoms with van der Waals surface area (Å²) in [5.74, 6) is 0.260. The largest absolute Gasteiger partial charge is 0.469 e. The number of ether oxygens (including phenoxy) is 1. The number of ketones is 1. The van der Waals surface area contributed by atoms with Gasteiger partial charge in [-0.05, 0) is 32.8 Å². The van der Waals surface area contributed by atoms with E-state index in [4.69, 9.17) is 0 Å². The Labute approximate surface area is 151 Å². The number of hydrogen-bond acceptors (Lipinski definition) is 6. The number of aryl methyl sites for hydroxylation is 1. The first-order valence-corrected chi connectivity index (χ1v) is 9.26. The van der Waals surface area contributed by atoms with Gasteiger partial charge in [0.1, 0.15) is 6.33 Å². The minimum Gasteiger partial charge on any atom is -0.469 e. The molecule has 0 aliphatic heterocycles. The fourth-order valence-electron chi connectivity index (χ4n) is 2.72. The third-order valence-electron chi connectivity index (χ3n) is 4.10. The highest BCUT2D eigenvalue weighted by Gasteiger charge is 2.16. The molecular weight excluding hydrogens is 340 g/mol. The molecule has 25 heavy (non-hydrogen) atoms. The molecule has 8 heteroatoms. The predicted molar refractivity (Wildman–Crippen MR) is 95.8 cm³/mol. The molecule has 2 aromatic rings. The lowest BCUT2D eigenvalue weighted by molar-refractivity contribution is -0.140. The van der Waals surface area contributed by atoms with Crippen molar-refractivity contribution in [2.24, 2.45) is 0 Å². The van der Waals surface area contributed by atoms with Gasteiger partial charge in [-0.15, -0.1) is 0 Å². The molecule has 2 aromatic heterocycles. The molecule has 0 aliphatic rings. The summed E-state index contributed by atoms with van der Waals surface area (Å²) in [5, 5.41) is 7.16. The number of thioether (sulfide) groups is 1. The Morgan fingerprint density at radius 1 is 1.28 bits per heavy atom. The summed E-state index contributed by atoms with van der Waals surface area (Å²) in [4.78, 5) is 27.6. The molecule has 1 N–H and O–H groups in total. The zero-order valence-electron chi connectivity index (χ0n) is 14.9. The molecule has 0 saturated carbocycles. The monoisotopic (exact) mass is 364 g/mol. The molecule has 0 aromatic carbocycles. The number of nitrogens with zero attached hydrogens (tertiary/aromatic N) is 3. The van der Waals surface area contributed by atoms with Crippen LogP contribution in [0.5, 0.6) is 0 Å². The number of aromatic nitrogens is 4. The Hall–Kier alpha value is -2.09. The fraction of sp³-hybridized carbons (Fsp3) is 0.529. The first-order valence-electron chi connectivity index (χ1n) is 8.27. The maximum Gasteiger partial charge on any atom is 0.305 e. The zero-order valence-corrected chi connectivity index (χ0v) is 15.7. The Bertz CT molecular complexity index is 710. The topological polar surface area (TPSA) is 89.9 Å². The van der Waals surface area contributed by atoms with E-state index in [9.17, 15) is 9.59 Å². The van der Waals surface area contributed by atoms with Gasteiger partial charge in [0.05, 0.1) is 12.9 Å². The molecule has 136 valence electrons. The molecule has 0 radical (unpaired) electrons. The van der Waals surface area contributed by atoms with Crippen LogP contribution in [0.4, 0.5) is 0 Å². The molecule has 2 heterocycles. The van der Waals surface area contributed by atoms with Crippen molar-refractivity contribution < 1.29 is 14.3 Å². The molecule has 0 spiro atoms. The second-order valence-corrected chi connectivity index (χ2v) is 6.79. The van der Waals surface area contributed by atoms with Gasteiger partial charge < -0.3 is 9.30 Å². The first-order chi connectivity index (χ1) is 12.0. The van der Waals surface area contributed by atoms with Crippen LogP contribution in [-0.4, -0.2) is 44.4 Å². The highest BCUT2D eigenvalue weighted by Crippen LogP contribution is 2.20. The number of carbonyl (C=O) groups excluding carboxylic acids is 2. The molecule has 0 saturated heterocycles. The van der Waals surface area contributed by atoms with Crippen molar-refractivity contribution in [2.45, 2.75) is 51.2 Å². The fourth-order valence-corrected chi connectivity index (χ4v) is 3.38. The molecule has 0 fully saturated rings. The number of carbonyl (C=O) groups is 2. The van der Waals surface area contributed by atoms with Gasteiger partial charge in [0.2, 0.25) is 0 Å². The number of hydrogen-bond donors (Lipinski definition) is 1. The van der Waals surface area contributed by atoms with Gasteiger partial charge in [0.15, 0.2) is 10.9 Å². The van der Waals surface area contributed by atoms with Gasteiger partial charge in [-0.1, -0.05) is 18.2 Å². The van der Waals surface area contributed by atoms with E-state index in [0.29, 0.717) is 17.3 Å². The van der Waals surface area contributed by atoms with Gasteiger partial charge in [0, 0.05) is 29.9 Å². The first kappa shape index (κ1) is 19.2. The van der Waals surface area contributed by atoms with Crippen LogP contribution >= 0.6 is 11.8 Å². The Morgan fingerprint density at radius 2 is 2.08 bits per heavy atom. The van der Waals surface area contributed by atoms with Crippen LogP contribution in [0.3, 0.4) is 0 Å². The van der Waals surface area contributed by atoms with E-state index in [0.717, 1.165) is 42.8 Å². The van der Waals surface area contributed by atoms with Crippen LogP contribution in [0.15, 0.2) is 17.6 Å². The van der Waals surface area contributed by atoms with Crippen molar-refractivity contribution in [3.63, 3.8) is 0 Å². The number of methoxy groups -OCH3 is 1. The number of esters is 1. The van der Waals surface area contributed by atoms with Crippen LogP contribution in [-0.2, 0) is 16.1 Å². The highest BCUT2D eigenvalue weighted by molar-refractivity contribution is 7.99. The highest BCUT2D eigenvalue weighted by atomic mass is 32.2. The lowest BCUT2D eigenvalue weighted by atomic mass is 10.2. The minimum absolute atomic E-state index is 0.0893. The summed E-state index contributed by atoms with van der Waals surface area (Å²) >= 11 is 1.35. The summed E-state index contributed by atoms with van der Waals surface area (Å²) in [6.07, 6.45) is 4.64. The van der Waals surface area contributed by atoms with Gasteiger partial charge >= 0.3 is 5.97 Å². The number of H-pyrrole nitrogens is 1. The smallest absolute Gasteiger partial charge is 0.305 e. The van der Waals surface area contributed by atoms with Crippen LogP contribution < -0.4 is 0 Å². The van der Waals surface area contributed by atoms with Crippen molar-refractivity contribution in [1.82, 2.24) is 19.7 Å². The van der Waals surface area contributed by atoms with Crippen molar-refractivity contribution in [3.8, 4) is 0 Å². The summed E-state index contributed by atoms with van der Waals surface area (Å²) in [7, 11) is 1.41. The van der Waals surface area contributed by atoms with Gasteiger partial charge in [-0.2, -0.15) is 5.10 Å². The van der Waals surface area contributed by atoms with E-state index in [2.05, 4.69) is 24.5 Å².